The molecule has 0 saturated heterocycles. The van der Waals surface area contributed by atoms with Crippen LogP contribution < -0.4 is 9.47 Å². The lowest BCUT2D eigenvalue weighted by Gasteiger charge is -2.26. The molecule has 0 fully saturated rings. The number of ether oxygens (including phenoxy) is 3. The summed E-state index contributed by atoms with van der Waals surface area (Å²) in [5.41, 5.74) is 2.36. The van der Waals surface area contributed by atoms with Gasteiger partial charge in [0.25, 0.3) is 5.69 Å². The highest BCUT2D eigenvalue weighted by Gasteiger charge is 2.33. The first-order valence-corrected chi connectivity index (χ1v) is 10.6. The number of hydrogen-bond acceptors (Lipinski definition) is 6. The summed E-state index contributed by atoms with van der Waals surface area (Å²) in [5.74, 6) is 1.44. The maximum atomic E-state index is 13.1. The molecule has 34 heavy (non-hydrogen) atoms. The van der Waals surface area contributed by atoms with Crippen molar-refractivity contribution in [2.45, 2.75) is 12.5 Å². The van der Waals surface area contributed by atoms with E-state index in [9.17, 15) is 14.9 Å². The summed E-state index contributed by atoms with van der Waals surface area (Å²) in [7, 11) is 0. The summed E-state index contributed by atoms with van der Waals surface area (Å²) in [6.45, 7) is 0.109. The van der Waals surface area contributed by atoms with Gasteiger partial charge in [-0.2, -0.15) is 0 Å². The van der Waals surface area contributed by atoms with Gasteiger partial charge >= 0.3 is 5.97 Å². The number of fused-ring (bicyclic) bond motifs is 2. The fraction of sp³-hybridized carbons (Fsp3) is 0.0741. The number of esters is 1. The second-order valence-electron chi connectivity index (χ2n) is 7.72. The zero-order chi connectivity index (χ0) is 23.5. The Morgan fingerprint density at radius 1 is 0.794 bits per heavy atom. The molecule has 1 aliphatic rings. The second-order valence-corrected chi connectivity index (χ2v) is 7.72. The first-order valence-electron chi connectivity index (χ1n) is 10.6. The molecule has 0 unspecified atom stereocenters. The second kappa shape index (κ2) is 9.07. The van der Waals surface area contributed by atoms with Crippen LogP contribution >= 0.6 is 0 Å². The minimum absolute atomic E-state index is 0.000658. The first kappa shape index (κ1) is 21.2. The summed E-state index contributed by atoms with van der Waals surface area (Å²) in [6, 6.07) is 27.9. The molecule has 0 aromatic heterocycles. The number of benzene rings is 4. The maximum Gasteiger partial charge on any atom is 0.318 e. The van der Waals surface area contributed by atoms with E-state index in [-0.39, 0.29) is 18.3 Å². The van der Waals surface area contributed by atoms with E-state index in [2.05, 4.69) is 0 Å². The predicted molar refractivity (Wildman–Crippen MR) is 124 cm³/mol. The van der Waals surface area contributed by atoms with Gasteiger partial charge in [-0.25, -0.2) is 0 Å². The van der Waals surface area contributed by atoms with Crippen molar-refractivity contribution in [2.24, 2.45) is 0 Å². The molecule has 0 radical (unpaired) electrons. The zero-order valence-corrected chi connectivity index (χ0v) is 17.9. The van der Waals surface area contributed by atoms with E-state index in [1.54, 1.807) is 24.3 Å². The van der Waals surface area contributed by atoms with Crippen LogP contribution in [-0.4, -0.2) is 10.9 Å². The smallest absolute Gasteiger partial charge is 0.318 e. The molecule has 0 N–H and O–H groups in total. The summed E-state index contributed by atoms with van der Waals surface area (Å²) >= 11 is 0. The van der Waals surface area contributed by atoms with E-state index in [1.165, 1.54) is 24.3 Å². The zero-order valence-electron chi connectivity index (χ0n) is 17.9. The lowest BCUT2D eigenvalue weighted by molar-refractivity contribution is -0.384. The molecule has 5 rings (SSSR count). The van der Waals surface area contributed by atoms with Gasteiger partial charge in [0.2, 0.25) is 0 Å². The number of carbonyl (C=O) groups excluding carboxylic acids is 1. The average molecular weight is 453 g/mol. The van der Waals surface area contributed by atoms with Crippen LogP contribution in [0.5, 0.6) is 23.0 Å². The Morgan fingerprint density at radius 3 is 1.88 bits per heavy atom. The normalized spacial score (nSPS) is 12.1. The van der Waals surface area contributed by atoms with Crippen molar-refractivity contribution in [1.82, 2.24) is 0 Å². The molecule has 7 nitrogen and oxygen atoms in total. The molecule has 0 aliphatic carbocycles. The molecular formula is C27H19NO6. The number of nitro benzene ring substituents is 1. The van der Waals surface area contributed by atoms with Gasteiger partial charge in [0.1, 0.15) is 35.5 Å². The van der Waals surface area contributed by atoms with E-state index in [4.69, 9.17) is 14.2 Å². The average Bonchev–Trinajstić information content (AvgIpc) is 2.87. The monoisotopic (exact) mass is 453 g/mol. The van der Waals surface area contributed by atoms with Crippen molar-refractivity contribution in [3.05, 3.63) is 124 Å². The number of para-hydroxylation sites is 2. The Hall–Kier alpha value is -4.65. The predicted octanol–water partition coefficient (Wildman–Crippen LogP) is 6.37. The van der Waals surface area contributed by atoms with Gasteiger partial charge in [-0.3, -0.25) is 14.9 Å². The lowest BCUT2D eigenvalue weighted by atomic mass is 9.88. The molecule has 0 amide bonds. The summed E-state index contributed by atoms with van der Waals surface area (Å²) < 4.78 is 17.3. The molecule has 168 valence electrons. The lowest BCUT2D eigenvalue weighted by Crippen LogP contribution is -2.21. The van der Waals surface area contributed by atoms with Crippen LogP contribution in [0.2, 0.25) is 0 Å². The van der Waals surface area contributed by atoms with Crippen molar-refractivity contribution < 1.29 is 23.9 Å². The molecule has 0 spiro atoms. The van der Waals surface area contributed by atoms with E-state index in [1.807, 2.05) is 48.5 Å². The first-order chi connectivity index (χ1) is 16.6. The molecule has 4 aromatic carbocycles. The standard InChI is InChI=1S/C27H19NO6/c29-27(26-22-5-1-3-7-24(22)34-25-8-4-2-6-23(25)26)32-17-18-9-13-20(14-10-18)33-21-15-11-19(12-16-21)28(30)31/h1-16,26H,17H2. The van der Waals surface area contributed by atoms with E-state index < -0.39 is 10.8 Å². The van der Waals surface area contributed by atoms with Crippen molar-refractivity contribution in [3.63, 3.8) is 0 Å². The highest BCUT2D eigenvalue weighted by atomic mass is 16.6. The van der Waals surface area contributed by atoms with Crippen LogP contribution in [0.25, 0.3) is 0 Å². The van der Waals surface area contributed by atoms with Gasteiger partial charge < -0.3 is 14.2 Å². The molecule has 1 aliphatic heterocycles. The van der Waals surface area contributed by atoms with E-state index in [0.29, 0.717) is 23.0 Å². The van der Waals surface area contributed by atoms with Crippen LogP contribution in [0.3, 0.4) is 0 Å². The van der Waals surface area contributed by atoms with Gasteiger partial charge in [0.15, 0.2) is 0 Å². The van der Waals surface area contributed by atoms with Crippen molar-refractivity contribution in [1.29, 1.82) is 0 Å². The Balaban J connectivity index is 1.26. The van der Waals surface area contributed by atoms with Crippen LogP contribution in [0.4, 0.5) is 5.69 Å². The summed E-state index contributed by atoms with van der Waals surface area (Å²) in [4.78, 5) is 23.4. The topological polar surface area (TPSA) is 87.9 Å². The van der Waals surface area contributed by atoms with Gasteiger partial charge in [-0.15, -0.1) is 0 Å². The minimum Gasteiger partial charge on any atom is -0.460 e. The van der Waals surface area contributed by atoms with E-state index >= 15 is 0 Å². The Labute approximate surface area is 195 Å². The Morgan fingerprint density at radius 2 is 1.32 bits per heavy atom. The third kappa shape index (κ3) is 4.31. The molecule has 1 heterocycles. The number of non-ortho nitro benzene ring substituents is 1. The van der Waals surface area contributed by atoms with Crippen molar-refractivity contribution >= 4 is 11.7 Å². The number of hydrogen-bond donors (Lipinski definition) is 0. The third-order valence-corrected chi connectivity index (χ3v) is 5.50. The molecule has 0 bridgehead atoms. The molecule has 4 aromatic rings. The van der Waals surface area contributed by atoms with E-state index in [0.717, 1.165) is 16.7 Å². The van der Waals surface area contributed by atoms with Crippen LogP contribution in [0.1, 0.15) is 22.6 Å². The number of nitro groups is 1. The molecular weight excluding hydrogens is 434 g/mol. The largest absolute Gasteiger partial charge is 0.460 e. The minimum atomic E-state index is -0.564. The van der Waals surface area contributed by atoms with Gasteiger partial charge in [-0.05, 0) is 42.0 Å². The van der Waals surface area contributed by atoms with Gasteiger partial charge in [0.05, 0.1) is 4.92 Å². The number of rotatable bonds is 6. The quantitative estimate of drug-likeness (QED) is 0.192. The Kier molecular flexibility index (Phi) is 5.66. The van der Waals surface area contributed by atoms with Crippen LogP contribution in [0.15, 0.2) is 97.1 Å². The third-order valence-electron chi connectivity index (χ3n) is 5.50. The highest BCUT2D eigenvalue weighted by molar-refractivity contribution is 5.85. The molecule has 7 heteroatoms. The highest BCUT2D eigenvalue weighted by Crippen LogP contribution is 2.44. The SMILES string of the molecule is O=C(OCc1ccc(Oc2ccc([N+](=O)[O-])cc2)cc1)C1c2ccccc2Oc2ccccc21. The number of carbonyl (C=O) groups is 1. The van der Waals surface area contributed by atoms with Crippen molar-refractivity contribution in [3.8, 4) is 23.0 Å². The van der Waals surface area contributed by atoms with Crippen LogP contribution in [-0.2, 0) is 16.1 Å². The van der Waals surface area contributed by atoms with Crippen LogP contribution in [0, 0.1) is 10.1 Å². The molecule has 0 saturated carbocycles. The summed E-state index contributed by atoms with van der Waals surface area (Å²) in [5, 5.41) is 10.8. The fourth-order valence-corrected chi connectivity index (χ4v) is 3.83. The number of nitrogens with zero attached hydrogens (tertiary/aromatic N) is 1. The maximum absolute atomic E-state index is 13.1. The molecule has 0 atom stereocenters. The fourth-order valence-electron chi connectivity index (χ4n) is 3.83. The van der Waals surface area contributed by atoms with Gasteiger partial charge in [-0.1, -0.05) is 48.5 Å². The summed E-state index contributed by atoms with van der Waals surface area (Å²) in [6.07, 6.45) is 0. The Bertz CT molecular complexity index is 1300. The van der Waals surface area contributed by atoms with Gasteiger partial charge in [0, 0.05) is 23.3 Å². The van der Waals surface area contributed by atoms with Crippen molar-refractivity contribution in [2.75, 3.05) is 0 Å².